The normalized spacial score (nSPS) is 15.7. The summed E-state index contributed by atoms with van der Waals surface area (Å²) >= 11 is 0. The predicted molar refractivity (Wildman–Crippen MR) is 105 cm³/mol. The van der Waals surface area contributed by atoms with Gasteiger partial charge in [0.2, 0.25) is 0 Å². The number of pyridine rings is 2. The first kappa shape index (κ1) is 18.2. The predicted octanol–water partition coefficient (Wildman–Crippen LogP) is 2.77. The minimum Gasteiger partial charge on any atom is -0.366 e. The minimum absolute atomic E-state index is 0.114. The summed E-state index contributed by atoms with van der Waals surface area (Å²) in [5.41, 5.74) is 3.41. The standard InChI is InChI=1S/C20H23FN6O/c1-14-12-23-19-5-3-4-17(27(14)19)15(2)24-20(28)26-10-8-25(9-11-26)18-6-7-22-13-16(18)21/h3-7,12-13,15H,8-11H2,1-2H3,(H,24,28). The first-order chi connectivity index (χ1) is 13.5. The Bertz CT molecular complexity index is 995. The van der Waals surface area contributed by atoms with Crippen LogP contribution in [-0.2, 0) is 0 Å². The number of hydrogen-bond acceptors (Lipinski definition) is 4. The number of carbonyl (C=O) groups is 1. The van der Waals surface area contributed by atoms with Crippen molar-refractivity contribution in [3.05, 3.63) is 60.1 Å². The average Bonchev–Trinajstić information content (AvgIpc) is 3.09. The third-order valence-corrected chi connectivity index (χ3v) is 5.18. The molecule has 3 aromatic heterocycles. The Morgan fingerprint density at radius 1 is 1.18 bits per heavy atom. The summed E-state index contributed by atoms with van der Waals surface area (Å²) in [5, 5.41) is 3.08. The number of halogens is 1. The lowest BCUT2D eigenvalue weighted by atomic mass is 10.2. The number of aromatic nitrogens is 3. The molecule has 2 amide bonds. The lowest BCUT2D eigenvalue weighted by molar-refractivity contribution is 0.190. The Balaban J connectivity index is 1.41. The molecule has 3 aromatic rings. The second kappa shape index (κ2) is 7.46. The van der Waals surface area contributed by atoms with Crippen LogP contribution in [0.1, 0.15) is 24.4 Å². The second-order valence-corrected chi connectivity index (χ2v) is 7.02. The summed E-state index contributed by atoms with van der Waals surface area (Å²) in [6.07, 6.45) is 4.62. The van der Waals surface area contributed by atoms with Gasteiger partial charge in [0.05, 0.1) is 17.9 Å². The van der Waals surface area contributed by atoms with Crippen LogP contribution in [0.25, 0.3) is 5.65 Å². The maximum atomic E-state index is 13.9. The molecule has 0 aliphatic carbocycles. The van der Waals surface area contributed by atoms with Crippen LogP contribution in [0.3, 0.4) is 0 Å². The minimum atomic E-state index is -0.335. The summed E-state index contributed by atoms with van der Waals surface area (Å²) in [6.45, 7) is 6.20. The number of amides is 2. The van der Waals surface area contributed by atoms with Crippen molar-refractivity contribution >= 4 is 17.4 Å². The van der Waals surface area contributed by atoms with E-state index in [2.05, 4.69) is 19.7 Å². The van der Waals surface area contributed by atoms with E-state index in [1.54, 1.807) is 17.2 Å². The number of rotatable bonds is 3. The van der Waals surface area contributed by atoms with Crippen molar-refractivity contribution in [1.29, 1.82) is 0 Å². The number of aryl methyl sites for hydroxylation is 1. The van der Waals surface area contributed by atoms with Crippen molar-refractivity contribution in [3.63, 3.8) is 0 Å². The van der Waals surface area contributed by atoms with E-state index in [9.17, 15) is 9.18 Å². The number of anilines is 1. The highest BCUT2D eigenvalue weighted by molar-refractivity contribution is 5.75. The molecule has 0 bridgehead atoms. The van der Waals surface area contributed by atoms with E-state index in [1.807, 2.05) is 43.1 Å². The SMILES string of the molecule is Cc1cnc2cccc(C(C)NC(=O)N3CCN(c4ccncc4F)CC3)n12. The molecule has 0 aromatic carbocycles. The van der Waals surface area contributed by atoms with E-state index >= 15 is 0 Å². The van der Waals surface area contributed by atoms with Gasteiger partial charge in [0.15, 0.2) is 5.82 Å². The number of nitrogens with zero attached hydrogens (tertiary/aromatic N) is 5. The number of hydrogen-bond donors (Lipinski definition) is 1. The third kappa shape index (κ3) is 3.37. The number of urea groups is 1. The van der Waals surface area contributed by atoms with Crippen LogP contribution >= 0.6 is 0 Å². The molecule has 1 saturated heterocycles. The van der Waals surface area contributed by atoms with Gasteiger partial charge in [-0.1, -0.05) is 6.07 Å². The van der Waals surface area contributed by atoms with Crippen LogP contribution < -0.4 is 10.2 Å². The highest BCUT2D eigenvalue weighted by Crippen LogP contribution is 2.20. The highest BCUT2D eigenvalue weighted by atomic mass is 19.1. The average molecular weight is 382 g/mol. The fraction of sp³-hybridized carbons (Fsp3) is 0.350. The first-order valence-electron chi connectivity index (χ1n) is 9.37. The molecule has 146 valence electrons. The molecular formula is C20H23FN6O. The number of fused-ring (bicyclic) bond motifs is 1. The molecule has 4 rings (SSSR count). The number of nitrogens with one attached hydrogen (secondary N) is 1. The monoisotopic (exact) mass is 382 g/mol. The van der Waals surface area contributed by atoms with Gasteiger partial charge in [-0.2, -0.15) is 0 Å². The van der Waals surface area contributed by atoms with Crippen LogP contribution in [0, 0.1) is 12.7 Å². The Morgan fingerprint density at radius 2 is 1.96 bits per heavy atom. The zero-order valence-electron chi connectivity index (χ0n) is 16.0. The van der Waals surface area contributed by atoms with Crippen LogP contribution in [0.2, 0.25) is 0 Å². The molecular weight excluding hydrogens is 359 g/mol. The molecule has 1 atom stereocenters. The van der Waals surface area contributed by atoms with Crippen molar-refractivity contribution in [1.82, 2.24) is 24.6 Å². The second-order valence-electron chi connectivity index (χ2n) is 7.02. The maximum Gasteiger partial charge on any atom is 0.318 e. The molecule has 8 heteroatoms. The molecule has 0 spiro atoms. The van der Waals surface area contributed by atoms with Gasteiger partial charge in [-0.3, -0.25) is 9.38 Å². The zero-order chi connectivity index (χ0) is 19.7. The van der Waals surface area contributed by atoms with Crippen molar-refractivity contribution in [2.75, 3.05) is 31.1 Å². The van der Waals surface area contributed by atoms with E-state index in [0.29, 0.717) is 31.9 Å². The summed E-state index contributed by atoms with van der Waals surface area (Å²) < 4.78 is 16.0. The molecule has 7 nitrogen and oxygen atoms in total. The molecule has 28 heavy (non-hydrogen) atoms. The number of carbonyl (C=O) groups excluding carboxylic acids is 1. The molecule has 1 aliphatic heterocycles. The molecule has 1 fully saturated rings. The molecule has 4 heterocycles. The Kier molecular flexibility index (Phi) is 4.85. The van der Waals surface area contributed by atoms with Crippen molar-refractivity contribution in [2.45, 2.75) is 19.9 Å². The topological polar surface area (TPSA) is 65.8 Å². The fourth-order valence-corrected chi connectivity index (χ4v) is 3.68. The quantitative estimate of drug-likeness (QED) is 0.757. The summed E-state index contributed by atoms with van der Waals surface area (Å²) in [5.74, 6) is -0.335. The van der Waals surface area contributed by atoms with E-state index < -0.39 is 0 Å². The summed E-state index contributed by atoms with van der Waals surface area (Å²) in [4.78, 5) is 24.6. The van der Waals surface area contributed by atoms with Crippen molar-refractivity contribution in [3.8, 4) is 0 Å². The zero-order valence-corrected chi connectivity index (χ0v) is 16.0. The van der Waals surface area contributed by atoms with E-state index in [4.69, 9.17) is 0 Å². The van der Waals surface area contributed by atoms with Crippen molar-refractivity contribution < 1.29 is 9.18 Å². The molecule has 1 aliphatic rings. The molecule has 1 N–H and O–H groups in total. The van der Waals surface area contributed by atoms with Crippen molar-refractivity contribution in [2.24, 2.45) is 0 Å². The molecule has 0 saturated carbocycles. The van der Waals surface area contributed by atoms with Gasteiger partial charge in [0.1, 0.15) is 5.65 Å². The maximum absolute atomic E-state index is 13.9. The van der Waals surface area contributed by atoms with Gasteiger partial charge >= 0.3 is 6.03 Å². The largest absolute Gasteiger partial charge is 0.366 e. The van der Waals surface area contributed by atoms with Crippen LogP contribution in [0.5, 0.6) is 0 Å². The van der Waals surface area contributed by atoms with Gasteiger partial charge < -0.3 is 15.1 Å². The smallest absolute Gasteiger partial charge is 0.318 e. The molecule has 0 radical (unpaired) electrons. The van der Waals surface area contributed by atoms with Gasteiger partial charge in [-0.15, -0.1) is 0 Å². The van der Waals surface area contributed by atoms with Gasteiger partial charge in [0.25, 0.3) is 0 Å². The Morgan fingerprint density at radius 3 is 2.71 bits per heavy atom. The molecule has 1 unspecified atom stereocenters. The Hall–Kier alpha value is -3.16. The van der Waals surface area contributed by atoms with Gasteiger partial charge in [-0.05, 0) is 32.0 Å². The lowest BCUT2D eigenvalue weighted by Gasteiger charge is -2.36. The van der Waals surface area contributed by atoms with E-state index in [1.165, 1.54) is 6.20 Å². The van der Waals surface area contributed by atoms with Crippen LogP contribution in [0.4, 0.5) is 14.9 Å². The van der Waals surface area contributed by atoms with Gasteiger partial charge in [-0.25, -0.2) is 14.2 Å². The third-order valence-electron chi connectivity index (χ3n) is 5.18. The van der Waals surface area contributed by atoms with Crippen LogP contribution in [-0.4, -0.2) is 51.5 Å². The highest BCUT2D eigenvalue weighted by Gasteiger charge is 2.24. The fourth-order valence-electron chi connectivity index (χ4n) is 3.68. The van der Waals surface area contributed by atoms with Crippen LogP contribution in [0.15, 0.2) is 42.9 Å². The van der Waals surface area contributed by atoms with E-state index in [0.717, 1.165) is 17.0 Å². The number of piperazine rings is 1. The summed E-state index contributed by atoms with van der Waals surface area (Å²) in [6, 6.07) is 7.28. The van der Waals surface area contributed by atoms with E-state index in [-0.39, 0.29) is 17.9 Å². The first-order valence-corrected chi connectivity index (χ1v) is 9.37. The Labute approximate surface area is 162 Å². The van der Waals surface area contributed by atoms with Gasteiger partial charge in [0, 0.05) is 50.0 Å². The lowest BCUT2D eigenvalue weighted by Crippen LogP contribution is -2.52. The summed E-state index contributed by atoms with van der Waals surface area (Å²) in [7, 11) is 0. The number of imidazole rings is 1.